The van der Waals surface area contributed by atoms with E-state index >= 15 is 0 Å². The minimum Gasteiger partial charge on any atom is -0.318 e. The molecule has 1 aromatic carbocycles. The number of rotatable bonds is 4. The molecule has 1 amide bonds. The number of hydrogen-bond donors (Lipinski definition) is 1. The molecule has 0 aliphatic rings. The summed E-state index contributed by atoms with van der Waals surface area (Å²) in [5.41, 5.74) is 1.42. The van der Waals surface area contributed by atoms with E-state index in [0.29, 0.717) is 0 Å². The molecule has 1 N–H and O–H groups in total. The first-order valence-corrected chi connectivity index (χ1v) is 6.21. The maximum Gasteiger partial charge on any atom is 0.290 e. The average molecular weight is 259 g/mol. The summed E-state index contributed by atoms with van der Waals surface area (Å²) < 4.78 is 15.1. The van der Waals surface area contributed by atoms with Crippen molar-refractivity contribution in [1.29, 1.82) is 0 Å². The first-order chi connectivity index (χ1) is 9.19. The van der Waals surface area contributed by atoms with Gasteiger partial charge in [0.1, 0.15) is 5.82 Å². The Kier molecular flexibility index (Phi) is 4.23. The second-order valence-electron chi connectivity index (χ2n) is 4.26. The molecule has 2 rings (SSSR count). The van der Waals surface area contributed by atoms with Crippen LogP contribution in [0.4, 0.5) is 10.1 Å². The molecule has 0 aliphatic carbocycles. The molecule has 0 radical (unpaired) electrons. The molecular formula is C15H16FN2O+. The quantitative estimate of drug-likeness (QED) is 0.840. The van der Waals surface area contributed by atoms with Gasteiger partial charge < -0.3 is 5.32 Å². The number of nitrogens with one attached hydrogen (secondary N) is 1. The van der Waals surface area contributed by atoms with Gasteiger partial charge in [-0.05, 0) is 24.1 Å². The lowest BCUT2D eigenvalue weighted by atomic mass is 10.2. The van der Waals surface area contributed by atoms with Crippen molar-refractivity contribution < 1.29 is 13.8 Å². The average Bonchev–Trinajstić information content (AvgIpc) is 2.42. The summed E-state index contributed by atoms with van der Waals surface area (Å²) in [4.78, 5) is 11.8. The molecule has 0 bridgehead atoms. The predicted molar refractivity (Wildman–Crippen MR) is 71.0 cm³/mol. The van der Waals surface area contributed by atoms with Gasteiger partial charge in [-0.25, -0.2) is 4.39 Å². The zero-order valence-corrected chi connectivity index (χ0v) is 10.8. The number of para-hydroxylation sites is 1. The molecule has 4 heteroatoms. The Morgan fingerprint density at radius 1 is 1.21 bits per heavy atom. The first-order valence-electron chi connectivity index (χ1n) is 6.21. The fourth-order valence-electron chi connectivity index (χ4n) is 1.75. The number of aromatic nitrogens is 1. The standard InChI is InChI=1S/C15H15FN2O/c1-2-12-7-9-18(10-8-12)11-15(19)17-14-6-4-3-5-13(14)16/h3-10H,2,11H2,1H3/p+1. The Balaban J connectivity index is 1.99. The number of nitrogens with zero attached hydrogens (tertiary/aromatic N) is 1. The third kappa shape index (κ3) is 3.61. The van der Waals surface area contributed by atoms with Crippen LogP contribution in [0.2, 0.25) is 0 Å². The summed E-state index contributed by atoms with van der Waals surface area (Å²) >= 11 is 0. The van der Waals surface area contributed by atoms with Crippen molar-refractivity contribution >= 4 is 11.6 Å². The van der Waals surface area contributed by atoms with Crippen LogP contribution in [0.5, 0.6) is 0 Å². The van der Waals surface area contributed by atoms with Gasteiger partial charge in [0, 0.05) is 12.1 Å². The van der Waals surface area contributed by atoms with Crippen molar-refractivity contribution in [3.05, 3.63) is 60.2 Å². The summed E-state index contributed by atoms with van der Waals surface area (Å²) in [7, 11) is 0. The molecule has 98 valence electrons. The number of carbonyl (C=O) groups excluding carboxylic acids is 1. The summed E-state index contributed by atoms with van der Waals surface area (Å²) in [5.74, 6) is -0.679. The van der Waals surface area contributed by atoms with E-state index in [1.807, 2.05) is 24.5 Å². The summed E-state index contributed by atoms with van der Waals surface area (Å²) in [6.45, 7) is 2.24. The molecule has 1 heterocycles. The molecule has 0 fully saturated rings. The lowest BCUT2D eigenvalue weighted by Crippen LogP contribution is -2.39. The van der Waals surface area contributed by atoms with Crippen LogP contribution in [0.1, 0.15) is 12.5 Å². The van der Waals surface area contributed by atoms with Gasteiger partial charge in [0.05, 0.1) is 5.69 Å². The van der Waals surface area contributed by atoms with Crippen molar-refractivity contribution in [2.45, 2.75) is 19.9 Å². The number of halogens is 1. The molecule has 0 saturated carbocycles. The van der Waals surface area contributed by atoms with E-state index in [0.717, 1.165) is 6.42 Å². The van der Waals surface area contributed by atoms with Gasteiger partial charge in [-0.2, -0.15) is 4.57 Å². The van der Waals surface area contributed by atoms with Crippen LogP contribution in [-0.4, -0.2) is 5.91 Å². The highest BCUT2D eigenvalue weighted by molar-refractivity contribution is 5.89. The zero-order valence-electron chi connectivity index (χ0n) is 10.8. The number of benzene rings is 1. The van der Waals surface area contributed by atoms with Gasteiger partial charge in [-0.1, -0.05) is 19.1 Å². The van der Waals surface area contributed by atoms with Crippen LogP contribution in [0.15, 0.2) is 48.8 Å². The van der Waals surface area contributed by atoms with Gasteiger partial charge >= 0.3 is 0 Å². The van der Waals surface area contributed by atoms with Crippen LogP contribution in [0, 0.1) is 5.82 Å². The molecule has 19 heavy (non-hydrogen) atoms. The lowest BCUT2D eigenvalue weighted by Gasteiger charge is -2.04. The number of anilines is 1. The molecule has 3 nitrogen and oxygen atoms in total. The third-order valence-corrected chi connectivity index (χ3v) is 2.84. The van der Waals surface area contributed by atoms with Gasteiger partial charge in [0.2, 0.25) is 6.54 Å². The van der Waals surface area contributed by atoms with Crippen molar-refractivity contribution in [1.82, 2.24) is 0 Å². The fraction of sp³-hybridized carbons (Fsp3) is 0.200. The van der Waals surface area contributed by atoms with Crippen LogP contribution in [0.25, 0.3) is 0 Å². The monoisotopic (exact) mass is 259 g/mol. The topological polar surface area (TPSA) is 33.0 Å². The predicted octanol–water partition coefficient (Wildman–Crippen LogP) is 2.31. The molecule has 0 unspecified atom stereocenters. The van der Waals surface area contributed by atoms with Crippen molar-refractivity contribution in [3.63, 3.8) is 0 Å². The van der Waals surface area contributed by atoms with Crippen LogP contribution in [0.3, 0.4) is 0 Å². The molecule has 0 saturated heterocycles. The van der Waals surface area contributed by atoms with E-state index < -0.39 is 5.82 Å². The number of amides is 1. The van der Waals surface area contributed by atoms with Crippen LogP contribution < -0.4 is 9.88 Å². The smallest absolute Gasteiger partial charge is 0.290 e. The van der Waals surface area contributed by atoms with Crippen molar-refractivity contribution in [2.24, 2.45) is 0 Å². The molecule has 2 aromatic rings. The minimum atomic E-state index is -0.429. The van der Waals surface area contributed by atoms with E-state index in [1.54, 1.807) is 16.7 Å². The van der Waals surface area contributed by atoms with Crippen LogP contribution >= 0.6 is 0 Å². The van der Waals surface area contributed by atoms with E-state index in [1.165, 1.54) is 17.7 Å². The SMILES string of the molecule is CCc1cc[n+](CC(=O)Nc2ccccc2F)cc1. The summed E-state index contributed by atoms with van der Waals surface area (Å²) in [5, 5.41) is 2.55. The first kappa shape index (κ1) is 13.2. The summed E-state index contributed by atoms with van der Waals surface area (Å²) in [6.07, 6.45) is 4.65. The third-order valence-electron chi connectivity index (χ3n) is 2.84. The van der Waals surface area contributed by atoms with E-state index in [2.05, 4.69) is 12.2 Å². The Morgan fingerprint density at radius 3 is 2.53 bits per heavy atom. The molecule has 0 atom stereocenters. The largest absolute Gasteiger partial charge is 0.318 e. The highest BCUT2D eigenvalue weighted by Gasteiger charge is 2.11. The fourth-order valence-corrected chi connectivity index (χ4v) is 1.75. The van der Waals surface area contributed by atoms with Crippen molar-refractivity contribution in [2.75, 3.05) is 5.32 Å². The van der Waals surface area contributed by atoms with Gasteiger partial charge in [0.25, 0.3) is 5.91 Å². The molecule has 1 aromatic heterocycles. The molecule has 0 spiro atoms. The highest BCUT2D eigenvalue weighted by Crippen LogP contribution is 2.11. The van der Waals surface area contributed by atoms with Gasteiger partial charge in [-0.3, -0.25) is 4.79 Å². The zero-order chi connectivity index (χ0) is 13.7. The van der Waals surface area contributed by atoms with E-state index in [-0.39, 0.29) is 18.1 Å². The van der Waals surface area contributed by atoms with Crippen LogP contribution in [-0.2, 0) is 17.8 Å². The lowest BCUT2D eigenvalue weighted by molar-refractivity contribution is -0.684. The van der Waals surface area contributed by atoms with E-state index in [9.17, 15) is 9.18 Å². The van der Waals surface area contributed by atoms with Gasteiger partial charge in [-0.15, -0.1) is 0 Å². The Bertz CT molecular complexity index is 567. The van der Waals surface area contributed by atoms with Crippen molar-refractivity contribution in [3.8, 4) is 0 Å². The number of pyridine rings is 1. The molecular weight excluding hydrogens is 243 g/mol. The Labute approximate surface area is 111 Å². The highest BCUT2D eigenvalue weighted by atomic mass is 19.1. The Hall–Kier alpha value is -2.23. The maximum absolute atomic E-state index is 13.4. The second-order valence-corrected chi connectivity index (χ2v) is 4.26. The summed E-state index contributed by atoms with van der Waals surface area (Å²) in [6, 6.07) is 10.1. The molecule has 0 aliphatic heterocycles. The number of aryl methyl sites for hydroxylation is 1. The number of carbonyl (C=O) groups is 1. The number of hydrogen-bond acceptors (Lipinski definition) is 1. The normalized spacial score (nSPS) is 10.2. The Morgan fingerprint density at radius 2 is 1.89 bits per heavy atom. The minimum absolute atomic E-state index is 0.165. The second kappa shape index (κ2) is 6.09. The van der Waals surface area contributed by atoms with E-state index in [4.69, 9.17) is 0 Å². The maximum atomic E-state index is 13.4. The van der Waals surface area contributed by atoms with Gasteiger partial charge in [0.15, 0.2) is 12.4 Å².